The van der Waals surface area contributed by atoms with Gasteiger partial charge in [0.1, 0.15) is 5.82 Å². The number of H-pyrrole nitrogens is 1. The molecule has 0 spiro atoms. The number of benzene rings is 2. The summed E-state index contributed by atoms with van der Waals surface area (Å²) < 4.78 is 1.64. The van der Waals surface area contributed by atoms with Crippen molar-refractivity contribution in [1.29, 1.82) is 0 Å². The van der Waals surface area contributed by atoms with Gasteiger partial charge < -0.3 is 20.4 Å². The van der Waals surface area contributed by atoms with Crippen LogP contribution in [0.4, 0.5) is 28.6 Å². The van der Waals surface area contributed by atoms with Crippen molar-refractivity contribution in [3.63, 3.8) is 0 Å². The van der Waals surface area contributed by atoms with Gasteiger partial charge in [0.25, 0.3) is 0 Å². The number of nitrogens with zero attached hydrogens (tertiary/aromatic N) is 9. The third-order valence-electron chi connectivity index (χ3n) is 6.79. The largest absolute Gasteiger partial charge is 0.393 e. The molecule has 0 saturated heterocycles. The molecular formula is C34H35N11O3. The zero-order valence-corrected chi connectivity index (χ0v) is 27.4. The number of amides is 2. The van der Waals surface area contributed by atoms with E-state index in [1.165, 1.54) is 37.2 Å². The summed E-state index contributed by atoms with van der Waals surface area (Å²) in [5, 5.41) is 10.2. The number of allylic oxidation sites excluding steroid dienone is 1. The molecule has 48 heavy (non-hydrogen) atoms. The minimum atomic E-state index is -0.0810. The predicted octanol–water partition coefficient (Wildman–Crippen LogP) is 5.40. The van der Waals surface area contributed by atoms with E-state index in [0.717, 1.165) is 16.9 Å². The van der Waals surface area contributed by atoms with Crippen molar-refractivity contribution in [1.82, 2.24) is 29.7 Å². The van der Waals surface area contributed by atoms with Crippen molar-refractivity contribution < 1.29 is 14.4 Å². The van der Waals surface area contributed by atoms with Crippen molar-refractivity contribution >= 4 is 51.8 Å². The summed E-state index contributed by atoms with van der Waals surface area (Å²) in [7, 11) is 7.11. The van der Waals surface area contributed by atoms with Crippen molar-refractivity contribution in [2.45, 2.75) is 13.8 Å². The average Bonchev–Trinajstić information content (AvgIpc) is 3.72. The van der Waals surface area contributed by atoms with E-state index >= 15 is 0 Å². The number of fused-ring (bicyclic) bond motifs is 1. The highest BCUT2D eigenvalue weighted by molar-refractivity contribution is 6.05. The fourth-order valence-corrected chi connectivity index (χ4v) is 3.97. The molecule has 0 saturated carbocycles. The molecule has 0 unspecified atom stereocenters. The number of nitrogen functional groups attached to an aromatic ring is 1. The summed E-state index contributed by atoms with van der Waals surface area (Å²) in [6, 6.07) is 16.5. The molecule has 5 rings (SSSR count). The van der Waals surface area contributed by atoms with E-state index in [1.807, 2.05) is 44.4 Å². The number of hydrogen-bond acceptors (Lipinski definition) is 8. The Labute approximate surface area is 278 Å². The third-order valence-corrected chi connectivity index (χ3v) is 6.79. The molecule has 3 aromatic heterocycles. The van der Waals surface area contributed by atoms with Gasteiger partial charge in [-0.25, -0.2) is 19.2 Å². The molecule has 3 N–H and O–H groups in total. The summed E-state index contributed by atoms with van der Waals surface area (Å²) in [5.74, 6) is 0.150. The van der Waals surface area contributed by atoms with Crippen LogP contribution in [0, 0.1) is 13.1 Å². The van der Waals surface area contributed by atoms with Crippen LogP contribution in [0.3, 0.4) is 0 Å². The minimum Gasteiger partial charge on any atom is -0.393 e. The van der Waals surface area contributed by atoms with E-state index in [2.05, 4.69) is 30.0 Å². The predicted molar refractivity (Wildman–Crippen MR) is 186 cm³/mol. The van der Waals surface area contributed by atoms with Gasteiger partial charge in [0.05, 0.1) is 31.2 Å². The second kappa shape index (κ2) is 16.5. The Bertz CT molecular complexity index is 2030. The SMILES string of the molecule is CC(=O)N(C)c1cccc(C(=O)/C=C/N(C)C)c1.[C-]#[N+]c1cn[nH]c1N.[C-]#[N+]c1cnn2c(-c3cccc(N(C)C(C)=O)c3)ccnc12. The number of ketones is 1. The Morgan fingerprint density at radius 2 is 1.50 bits per heavy atom. The first-order valence-corrected chi connectivity index (χ1v) is 14.3. The number of carbonyl (C=O) groups is 3. The van der Waals surface area contributed by atoms with Crippen LogP contribution in [0.1, 0.15) is 24.2 Å². The molecule has 5 aromatic rings. The number of aromatic amines is 1. The van der Waals surface area contributed by atoms with Gasteiger partial charge >= 0.3 is 0 Å². The standard InChI is InChI=1S/C16H13N5O.C14H18N2O2.C4H4N4/c1-11(22)20(3)13-6-4-5-12(9-13)15-7-8-18-16-14(17-2)10-19-21(15)16;1-11(17)16(4)13-7-5-6-12(10-13)14(18)8-9-15(2)3;1-6-3-2-7-8-4(3)5/h4-10H,1,3H3;5-10H,1-4H3;2H,(H3,5,7,8)/b;9-8+;. The van der Waals surface area contributed by atoms with Crippen LogP contribution in [-0.4, -0.2) is 75.5 Å². The highest BCUT2D eigenvalue weighted by Crippen LogP contribution is 2.27. The molecule has 2 amide bonds. The Hall–Kier alpha value is -6.80. The molecule has 2 aromatic carbocycles. The highest BCUT2D eigenvalue weighted by Gasteiger charge is 2.12. The van der Waals surface area contributed by atoms with Gasteiger partial charge in [-0.3, -0.25) is 19.5 Å². The maximum Gasteiger partial charge on any atom is 0.250 e. The van der Waals surface area contributed by atoms with E-state index in [9.17, 15) is 14.4 Å². The second-order valence-corrected chi connectivity index (χ2v) is 10.4. The number of nitrogens with one attached hydrogen (secondary N) is 1. The fraction of sp³-hybridized carbons (Fsp3) is 0.176. The second-order valence-electron chi connectivity index (χ2n) is 10.4. The first kappa shape index (κ1) is 35.7. The third kappa shape index (κ3) is 9.12. The molecule has 0 aliphatic carbocycles. The van der Waals surface area contributed by atoms with Gasteiger partial charge in [0, 0.05) is 83.0 Å². The molecule has 244 valence electrons. The zero-order valence-electron chi connectivity index (χ0n) is 27.4. The molecule has 0 atom stereocenters. The van der Waals surface area contributed by atoms with Gasteiger partial charge in [-0.1, -0.05) is 24.3 Å². The lowest BCUT2D eigenvalue weighted by molar-refractivity contribution is -0.117. The van der Waals surface area contributed by atoms with E-state index in [4.69, 9.17) is 18.9 Å². The highest BCUT2D eigenvalue weighted by atomic mass is 16.2. The summed E-state index contributed by atoms with van der Waals surface area (Å²) in [6.07, 6.45) is 7.76. The van der Waals surface area contributed by atoms with Crippen LogP contribution in [0.2, 0.25) is 0 Å². The van der Waals surface area contributed by atoms with Crippen molar-refractivity contribution in [2.75, 3.05) is 43.7 Å². The van der Waals surface area contributed by atoms with Crippen LogP contribution in [0.25, 0.3) is 26.6 Å². The lowest BCUT2D eigenvalue weighted by Crippen LogP contribution is -2.22. The van der Waals surface area contributed by atoms with E-state index in [0.29, 0.717) is 34.1 Å². The molecule has 0 fully saturated rings. The molecule has 0 radical (unpaired) electrons. The number of nitrogens with two attached hydrogens (primary N) is 1. The normalized spacial score (nSPS) is 10.1. The van der Waals surface area contributed by atoms with Gasteiger partial charge in [-0.15, -0.1) is 0 Å². The van der Waals surface area contributed by atoms with Gasteiger partial charge in [-0.05, 0) is 30.3 Å². The van der Waals surface area contributed by atoms with E-state index in [1.54, 1.807) is 65.1 Å². The maximum atomic E-state index is 11.9. The van der Waals surface area contributed by atoms with Crippen molar-refractivity contribution in [2.24, 2.45) is 0 Å². The van der Waals surface area contributed by atoms with Gasteiger partial charge in [-0.2, -0.15) is 10.2 Å². The molecule has 0 bridgehead atoms. The molecule has 14 heteroatoms. The molecule has 0 aliphatic heterocycles. The Morgan fingerprint density at radius 3 is 2.04 bits per heavy atom. The summed E-state index contributed by atoms with van der Waals surface area (Å²) >= 11 is 0. The monoisotopic (exact) mass is 645 g/mol. The number of aromatic nitrogens is 5. The topological polar surface area (TPSA) is 155 Å². The Kier molecular flexibility index (Phi) is 12.3. The van der Waals surface area contributed by atoms with Gasteiger partial charge in [0.2, 0.25) is 23.2 Å². The van der Waals surface area contributed by atoms with Gasteiger partial charge in [0.15, 0.2) is 11.4 Å². The van der Waals surface area contributed by atoms with Crippen LogP contribution < -0.4 is 15.5 Å². The number of rotatable bonds is 6. The molecule has 0 aliphatic rings. The van der Waals surface area contributed by atoms with Crippen molar-refractivity contribution in [3.8, 4) is 11.3 Å². The molecule has 3 heterocycles. The van der Waals surface area contributed by atoms with Crippen LogP contribution in [0.5, 0.6) is 0 Å². The van der Waals surface area contributed by atoms with E-state index < -0.39 is 0 Å². The molecular weight excluding hydrogens is 610 g/mol. The lowest BCUT2D eigenvalue weighted by Gasteiger charge is -2.16. The summed E-state index contributed by atoms with van der Waals surface area (Å²) in [4.78, 5) is 50.2. The fourth-order valence-electron chi connectivity index (χ4n) is 3.97. The molecule has 14 nitrogen and oxygen atoms in total. The zero-order chi connectivity index (χ0) is 35.4. The van der Waals surface area contributed by atoms with E-state index in [-0.39, 0.29) is 17.6 Å². The van der Waals surface area contributed by atoms with Crippen LogP contribution in [-0.2, 0) is 9.59 Å². The smallest absolute Gasteiger partial charge is 0.250 e. The number of hydrogen-bond donors (Lipinski definition) is 2. The quantitative estimate of drug-likeness (QED) is 0.141. The maximum absolute atomic E-state index is 11.9. The Balaban J connectivity index is 0.000000215. The number of carbonyl (C=O) groups excluding carboxylic acids is 3. The first-order chi connectivity index (χ1) is 22.9. The first-order valence-electron chi connectivity index (χ1n) is 14.3. The minimum absolute atomic E-state index is 0.0357. The lowest BCUT2D eigenvalue weighted by atomic mass is 10.1. The van der Waals surface area contributed by atoms with Crippen LogP contribution >= 0.6 is 0 Å². The number of anilines is 3. The Morgan fingerprint density at radius 1 is 0.875 bits per heavy atom. The average molecular weight is 646 g/mol. The van der Waals surface area contributed by atoms with Crippen LogP contribution in [0.15, 0.2) is 85.5 Å². The summed E-state index contributed by atoms with van der Waals surface area (Å²) in [5.41, 5.74) is 10.3. The summed E-state index contributed by atoms with van der Waals surface area (Å²) in [6.45, 7) is 16.6. The van der Waals surface area contributed by atoms with Crippen molar-refractivity contribution in [3.05, 3.63) is 114 Å².